The summed E-state index contributed by atoms with van der Waals surface area (Å²) in [6.45, 7) is 4.90. The summed E-state index contributed by atoms with van der Waals surface area (Å²) < 4.78 is 12.3. The summed E-state index contributed by atoms with van der Waals surface area (Å²) in [5.74, 6) is -0.548. The van der Waals surface area contributed by atoms with Crippen molar-refractivity contribution in [2.75, 3.05) is 0 Å². The van der Waals surface area contributed by atoms with Crippen molar-refractivity contribution in [3.05, 3.63) is 46.2 Å². The Hall–Kier alpha value is -2.63. The van der Waals surface area contributed by atoms with Crippen LogP contribution in [0.2, 0.25) is 0 Å². The van der Waals surface area contributed by atoms with Crippen molar-refractivity contribution in [2.24, 2.45) is 0 Å². The first-order valence-electron chi connectivity index (χ1n) is 11.3. The van der Waals surface area contributed by atoms with Gasteiger partial charge in [0.2, 0.25) is 0 Å². The molecule has 0 saturated heterocycles. The summed E-state index contributed by atoms with van der Waals surface area (Å²) in [7, 11) is 0. The molecule has 0 amide bonds. The lowest BCUT2D eigenvalue weighted by Crippen LogP contribution is -2.17. The van der Waals surface area contributed by atoms with E-state index in [9.17, 15) is 14.4 Å². The van der Waals surface area contributed by atoms with Crippen molar-refractivity contribution in [2.45, 2.75) is 91.4 Å². The second-order valence-electron chi connectivity index (χ2n) is 8.14. The fourth-order valence-corrected chi connectivity index (χ4v) is 3.86. The number of rotatable bonds is 13. The van der Waals surface area contributed by atoms with Gasteiger partial charge < -0.3 is 14.0 Å². The van der Waals surface area contributed by atoms with Gasteiger partial charge in [-0.05, 0) is 44.7 Å². The molecule has 2 aromatic rings. The molecule has 1 heterocycles. The second kappa shape index (κ2) is 12.9. The van der Waals surface area contributed by atoms with Crippen LogP contribution in [-0.2, 0) is 32.2 Å². The molecule has 170 valence electrons. The van der Waals surface area contributed by atoms with Crippen LogP contribution in [0.15, 0.2) is 35.1 Å². The molecule has 0 fully saturated rings. The number of para-hydroxylation sites is 1. The average Bonchev–Trinajstić information content (AvgIpc) is 2.71. The lowest BCUT2D eigenvalue weighted by molar-refractivity contribution is -0.146. The van der Waals surface area contributed by atoms with Crippen molar-refractivity contribution in [3.63, 3.8) is 0 Å². The highest BCUT2D eigenvalue weighted by molar-refractivity contribution is 5.79. The number of esters is 2. The molecule has 6 nitrogen and oxygen atoms in total. The number of hydrogen-bond acceptors (Lipinski definition) is 5. The van der Waals surface area contributed by atoms with Crippen LogP contribution in [0.1, 0.15) is 77.8 Å². The molecule has 0 radical (unpaired) electrons. The standard InChI is InChI=1S/C25H35NO5/c1-19(31-21(3)28)13-9-7-5-4-6-8-10-14-22-17-25(29)23-15-11-12-16-24(23)26(22)18-30-20(2)27/h11-12,15-17,19H,4-10,13-14,18H2,1-3H3/t19-/m1/s1. The van der Waals surface area contributed by atoms with Crippen molar-refractivity contribution in [3.8, 4) is 0 Å². The van der Waals surface area contributed by atoms with Crippen LogP contribution < -0.4 is 5.43 Å². The zero-order valence-corrected chi connectivity index (χ0v) is 19.0. The molecule has 0 saturated carbocycles. The number of pyridine rings is 1. The van der Waals surface area contributed by atoms with E-state index in [2.05, 4.69) is 0 Å². The first-order chi connectivity index (χ1) is 14.9. The van der Waals surface area contributed by atoms with Crippen LogP contribution in [0.3, 0.4) is 0 Å². The number of benzene rings is 1. The van der Waals surface area contributed by atoms with E-state index in [1.807, 2.05) is 29.7 Å². The van der Waals surface area contributed by atoms with Gasteiger partial charge in [0.25, 0.3) is 0 Å². The summed E-state index contributed by atoms with van der Waals surface area (Å²) in [6.07, 6.45) is 9.53. The fraction of sp³-hybridized carbons (Fsp3) is 0.560. The Labute approximate surface area is 184 Å². The van der Waals surface area contributed by atoms with Crippen LogP contribution >= 0.6 is 0 Å². The second-order valence-corrected chi connectivity index (χ2v) is 8.14. The number of unbranched alkanes of at least 4 members (excludes halogenated alkanes) is 6. The Balaban J connectivity index is 1.78. The predicted molar refractivity (Wildman–Crippen MR) is 122 cm³/mol. The zero-order chi connectivity index (χ0) is 22.6. The van der Waals surface area contributed by atoms with Crippen LogP contribution in [0.5, 0.6) is 0 Å². The van der Waals surface area contributed by atoms with E-state index in [4.69, 9.17) is 9.47 Å². The van der Waals surface area contributed by atoms with E-state index >= 15 is 0 Å². The minimum atomic E-state index is -0.337. The first-order valence-corrected chi connectivity index (χ1v) is 11.3. The maximum Gasteiger partial charge on any atom is 0.304 e. The van der Waals surface area contributed by atoms with Crippen LogP contribution in [0.4, 0.5) is 0 Å². The molecular formula is C25H35NO5. The van der Waals surface area contributed by atoms with Crippen LogP contribution in [-0.4, -0.2) is 22.6 Å². The Morgan fingerprint density at radius 1 is 0.935 bits per heavy atom. The number of nitrogens with zero attached hydrogens (tertiary/aromatic N) is 1. The summed E-state index contributed by atoms with van der Waals surface area (Å²) in [6, 6.07) is 9.11. The molecule has 0 N–H and O–H groups in total. The molecule has 6 heteroatoms. The highest BCUT2D eigenvalue weighted by Gasteiger charge is 2.10. The Morgan fingerprint density at radius 2 is 1.58 bits per heavy atom. The van der Waals surface area contributed by atoms with Crippen molar-refractivity contribution >= 4 is 22.8 Å². The highest BCUT2D eigenvalue weighted by atomic mass is 16.5. The van der Waals surface area contributed by atoms with Crippen LogP contribution in [0.25, 0.3) is 10.9 Å². The SMILES string of the molecule is CC(=O)OCn1c(CCCCCCCCC[C@@H](C)OC(C)=O)cc(=O)c2ccccc21. The van der Waals surface area contributed by atoms with Gasteiger partial charge in [-0.2, -0.15) is 0 Å². The topological polar surface area (TPSA) is 74.6 Å². The molecule has 0 unspecified atom stereocenters. The third kappa shape index (κ3) is 8.56. The quantitative estimate of drug-likeness (QED) is 0.326. The van der Waals surface area contributed by atoms with Gasteiger partial charge in [-0.3, -0.25) is 14.4 Å². The molecule has 0 aliphatic heterocycles. The number of carbonyl (C=O) groups excluding carboxylic acids is 2. The lowest BCUT2D eigenvalue weighted by Gasteiger charge is -2.16. The third-order valence-electron chi connectivity index (χ3n) is 5.41. The number of hydrogen-bond donors (Lipinski definition) is 0. The fourth-order valence-electron chi connectivity index (χ4n) is 3.86. The van der Waals surface area contributed by atoms with E-state index in [-0.39, 0.29) is 30.2 Å². The molecule has 0 aliphatic carbocycles. The van der Waals surface area contributed by atoms with E-state index in [0.29, 0.717) is 5.39 Å². The molecule has 0 spiro atoms. The average molecular weight is 430 g/mol. The predicted octanol–water partition coefficient (Wildman–Crippen LogP) is 5.14. The Bertz CT molecular complexity index is 918. The molecule has 1 aromatic heterocycles. The Morgan fingerprint density at radius 3 is 2.26 bits per heavy atom. The van der Waals surface area contributed by atoms with Gasteiger partial charge in [0, 0.05) is 31.0 Å². The largest absolute Gasteiger partial charge is 0.463 e. The maximum atomic E-state index is 12.5. The van der Waals surface area contributed by atoms with Gasteiger partial charge >= 0.3 is 11.9 Å². The molecule has 1 aromatic carbocycles. The van der Waals surface area contributed by atoms with E-state index in [1.165, 1.54) is 26.7 Å². The maximum absolute atomic E-state index is 12.5. The number of ether oxygens (including phenoxy) is 2. The van der Waals surface area contributed by atoms with Gasteiger partial charge in [0.1, 0.15) is 0 Å². The minimum absolute atomic E-state index is 0.00374. The van der Waals surface area contributed by atoms with Gasteiger partial charge in [-0.15, -0.1) is 0 Å². The molecule has 1 atom stereocenters. The normalized spacial score (nSPS) is 12.0. The molecule has 2 rings (SSSR count). The van der Waals surface area contributed by atoms with Gasteiger partial charge in [0.15, 0.2) is 12.2 Å². The monoisotopic (exact) mass is 429 g/mol. The van der Waals surface area contributed by atoms with Crippen molar-refractivity contribution in [1.82, 2.24) is 4.57 Å². The number of aryl methyl sites for hydroxylation is 1. The van der Waals surface area contributed by atoms with Gasteiger partial charge in [-0.1, -0.05) is 44.2 Å². The van der Waals surface area contributed by atoms with Gasteiger partial charge in [-0.25, -0.2) is 0 Å². The first kappa shape index (κ1) is 24.6. The van der Waals surface area contributed by atoms with E-state index in [0.717, 1.165) is 56.2 Å². The number of aromatic nitrogens is 1. The molecule has 0 bridgehead atoms. The lowest BCUT2D eigenvalue weighted by atomic mass is 10.0. The smallest absolute Gasteiger partial charge is 0.304 e. The van der Waals surface area contributed by atoms with Crippen LogP contribution in [0, 0.1) is 0 Å². The van der Waals surface area contributed by atoms with Gasteiger partial charge in [0.05, 0.1) is 11.6 Å². The molecular weight excluding hydrogens is 394 g/mol. The summed E-state index contributed by atoms with van der Waals surface area (Å²) >= 11 is 0. The van der Waals surface area contributed by atoms with Crippen molar-refractivity contribution < 1.29 is 19.1 Å². The van der Waals surface area contributed by atoms with Crippen molar-refractivity contribution in [1.29, 1.82) is 0 Å². The summed E-state index contributed by atoms with van der Waals surface area (Å²) in [5.41, 5.74) is 1.71. The summed E-state index contributed by atoms with van der Waals surface area (Å²) in [4.78, 5) is 34.7. The molecule has 0 aliphatic rings. The Kier molecular flexibility index (Phi) is 10.3. The number of carbonyl (C=O) groups is 2. The van der Waals surface area contributed by atoms with E-state index < -0.39 is 0 Å². The molecule has 31 heavy (non-hydrogen) atoms. The third-order valence-corrected chi connectivity index (χ3v) is 5.41. The van der Waals surface area contributed by atoms with E-state index in [1.54, 1.807) is 12.1 Å². The highest BCUT2D eigenvalue weighted by Crippen LogP contribution is 2.17. The summed E-state index contributed by atoms with van der Waals surface area (Å²) in [5, 5.41) is 0.640. The minimum Gasteiger partial charge on any atom is -0.463 e. The number of fused-ring (bicyclic) bond motifs is 1. The zero-order valence-electron chi connectivity index (χ0n) is 19.0.